The number of amides is 1. The van der Waals surface area contributed by atoms with Gasteiger partial charge in [-0.05, 0) is 36.8 Å². The predicted molar refractivity (Wildman–Crippen MR) is 96.1 cm³/mol. The van der Waals surface area contributed by atoms with Crippen LogP contribution in [0.15, 0.2) is 54.9 Å². The number of rotatable bonds is 6. The lowest BCUT2D eigenvalue weighted by molar-refractivity contribution is 0.0955. The third kappa shape index (κ3) is 4.16. The molecule has 8 heteroatoms. The molecule has 1 amide bonds. The molecule has 0 saturated carbocycles. The lowest BCUT2D eigenvalue weighted by Crippen LogP contribution is -2.31. The second-order valence-corrected chi connectivity index (χ2v) is 7.45. The van der Waals surface area contributed by atoms with E-state index >= 15 is 0 Å². The van der Waals surface area contributed by atoms with E-state index in [1.165, 1.54) is 0 Å². The van der Waals surface area contributed by atoms with Crippen LogP contribution in [0.4, 0.5) is 5.69 Å². The zero-order valence-electron chi connectivity index (χ0n) is 13.6. The third-order valence-electron chi connectivity index (χ3n) is 3.72. The Bertz CT molecular complexity index is 1010. The van der Waals surface area contributed by atoms with Crippen LogP contribution in [0.5, 0.6) is 0 Å². The first-order chi connectivity index (χ1) is 11.9. The van der Waals surface area contributed by atoms with E-state index < -0.39 is 10.0 Å². The maximum Gasteiger partial charge on any atom is 0.251 e. The van der Waals surface area contributed by atoms with Crippen LogP contribution < -0.4 is 10.0 Å². The van der Waals surface area contributed by atoms with Crippen molar-refractivity contribution in [2.45, 2.75) is 6.92 Å². The number of nitrogens with zero attached hydrogens (tertiary/aromatic N) is 2. The minimum atomic E-state index is -3.57. The number of fused-ring (bicyclic) bond motifs is 1. The number of aromatic nitrogens is 2. The topological polar surface area (TPSA) is 92.6 Å². The molecular weight excluding hydrogens is 340 g/mol. The average Bonchev–Trinajstić information content (AvgIpc) is 3.02. The Kier molecular flexibility index (Phi) is 4.71. The largest absolute Gasteiger partial charge is 0.351 e. The van der Waals surface area contributed by atoms with Crippen molar-refractivity contribution in [2.75, 3.05) is 17.0 Å². The molecule has 7 nitrogen and oxygen atoms in total. The number of sulfonamides is 1. The Morgan fingerprint density at radius 3 is 2.80 bits per heavy atom. The van der Waals surface area contributed by atoms with Crippen LogP contribution in [0.25, 0.3) is 5.52 Å². The third-order valence-corrected chi connectivity index (χ3v) is 5.01. The minimum absolute atomic E-state index is 0.0252. The van der Waals surface area contributed by atoms with E-state index in [4.69, 9.17) is 0 Å². The molecule has 0 aliphatic carbocycles. The highest BCUT2D eigenvalue weighted by atomic mass is 32.2. The van der Waals surface area contributed by atoms with Crippen LogP contribution in [-0.2, 0) is 10.0 Å². The molecule has 1 aromatic carbocycles. The minimum Gasteiger partial charge on any atom is -0.351 e. The van der Waals surface area contributed by atoms with Crippen molar-refractivity contribution in [1.82, 2.24) is 14.9 Å². The molecule has 3 rings (SSSR count). The van der Waals surface area contributed by atoms with E-state index in [1.54, 1.807) is 47.2 Å². The number of benzene rings is 1. The highest BCUT2D eigenvalue weighted by molar-refractivity contribution is 7.92. The molecule has 2 N–H and O–H groups in total. The summed E-state index contributed by atoms with van der Waals surface area (Å²) in [5.74, 6) is -0.497. The van der Waals surface area contributed by atoms with Crippen molar-refractivity contribution in [1.29, 1.82) is 0 Å². The van der Waals surface area contributed by atoms with Crippen LogP contribution >= 0.6 is 0 Å². The van der Waals surface area contributed by atoms with Crippen molar-refractivity contribution < 1.29 is 13.2 Å². The molecule has 3 aromatic rings. The maximum absolute atomic E-state index is 12.2. The summed E-state index contributed by atoms with van der Waals surface area (Å²) in [7, 11) is -3.57. The Morgan fingerprint density at radius 2 is 2.00 bits per heavy atom. The zero-order valence-corrected chi connectivity index (χ0v) is 14.5. The molecule has 0 saturated heterocycles. The van der Waals surface area contributed by atoms with Gasteiger partial charge in [-0.1, -0.05) is 18.2 Å². The number of pyridine rings is 1. The molecule has 0 fully saturated rings. The Hall–Kier alpha value is -2.87. The van der Waals surface area contributed by atoms with E-state index in [-0.39, 0.29) is 18.2 Å². The molecule has 2 heterocycles. The number of carbonyl (C=O) groups is 1. The summed E-state index contributed by atoms with van der Waals surface area (Å²) in [6.45, 7) is 1.86. The number of nitrogens with one attached hydrogen (secondary N) is 2. The van der Waals surface area contributed by atoms with Crippen LogP contribution in [0.1, 0.15) is 15.9 Å². The molecule has 0 radical (unpaired) electrons. The quantitative estimate of drug-likeness (QED) is 0.703. The number of carbonyl (C=O) groups excluding carboxylic acids is 1. The summed E-state index contributed by atoms with van der Waals surface area (Å²) in [6, 6.07) is 12.3. The van der Waals surface area contributed by atoms with Gasteiger partial charge in [-0.25, -0.2) is 12.9 Å². The van der Waals surface area contributed by atoms with E-state index in [9.17, 15) is 13.2 Å². The highest BCUT2D eigenvalue weighted by Gasteiger charge is 2.13. The summed E-state index contributed by atoms with van der Waals surface area (Å²) in [5.41, 5.74) is 2.63. The van der Waals surface area contributed by atoms with Crippen molar-refractivity contribution >= 4 is 27.1 Å². The number of hydrogen-bond acceptors (Lipinski definition) is 4. The van der Waals surface area contributed by atoms with Crippen LogP contribution in [0.2, 0.25) is 0 Å². The lowest BCUT2D eigenvalue weighted by Gasteiger charge is -2.10. The van der Waals surface area contributed by atoms with Crippen molar-refractivity contribution in [3.8, 4) is 0 Å². The van der Waals surface area contributed by atoms with E-state index in [2.05, 4.69) is 15.1 Å². The molecule has 0 atom stereocenters. The summed E-state index contributed by atoms with van der Waals surface area (Å²) in [6.07, 6.45) is 3.31. The lowest BCUT2D eigenvalue weighted by atomic mass is 10.1. The maximum atomic E-state index is 12.2. The Morgan fingerprint density at radius 1 is 1.20 bits per heavy atom. The van der Waals surface area contributed by atoms with Crippen molar-refractivity contribution in [2.24, 2.45) is 0 Å². The van der Waals surface area contributed by atoms with Gasteiger partial charge in [-0.2, -0.15) is 5.10 Å². The van der Waals surface area contributed by atoms with E-state index in [0.717, 1.165) is 11.1 Å². The number of hydrogen-bond donors (Lipinski definition) is 2. The summed E-state index contributed by atoms with van der Waals surface area (Å²) in [5, 5.41) is 6.69. The van der Waals surface area contributed by atoms with Crippen LogP contribution in [0, 0.1) is 6.92 Å². The molecule has 0 aliphatic rings. The first-order valence-corrected chi connectivity index (χ1v) is 9.37. The first-order valence-electron chi connectivity index (χ1n) is 7.72. The van der Waals surface area contributed by atoms with E-state index in [1.807, 2.05) is 19.1 Å². The fraction of sp³-hybridized carbons (Fsp3) is 0.176. The second kappa shape index (κ2) is 6.94. The predicted octanol–water partition coefficient (Wildman–Crippen LogP) is 1.81. The Balaban J connectivity index is 1.58. The molecule has 0 bridgehead atoms. The monoisotopic (exact) mass is 358 g/mol. The smallest absolute Gasteiger partial charge is 0.251 e. The summed E-state index contributed by atoms with van der Waals surface area (Å²) < 4.78 is 28.5. The van der Waals surface area contributed by atoms with Gasteiger partial charge in [0.2, 0.25) is 10.0 Å². The second-order valence-electron chi connectivity index (χ2n) is 5.61. The van der Waals surface area contributed by atoms with Crippen LogP contribution in [-0.4, -0.2) is 36.2 Å². The standard InChI is InChI=1S/C17H18N4O3S/c1-13-4-2-3-5-16(13)17(22)18-9-11-25(23,24)20-14-7-10-21-15(12-14)6-8-19-21/h2-8,10,12,20H,9,11H2,1H3,(H,18,22). The zero-order chi connectivity index (χ0) is 17.9. The molecule has 0 spiro atoms. The van der Waals surface area contributed by atoms with Gasteiger partial charge in [0.15, 0.2) is 0 Å². The summed E-state index contributed by atoms with van der Waals surface area (Å²) in [4.78, 5) is 12.1. The van der Waals surface area contributed by atoms with Gasteiger partial charge in [-0.15, -0.1) is 0 Å². The first kappa shape index (κ1) is 17.0. The van der Waals surface area contributed by atoms with Gasteiger partial charge < -0.3 is 5.32 Å². The average molecular weight is 358 g/mol. The van der Waals surface area contributed by atoms with Crippen molar-refractivity contribution in [3.05, 3.63) is 66.0 Å². The normalized spacial score (nSPS) is 11.4. The molecule has 130 valence electrons. The van der Waals surface area contributed by atoms with Crippen molar-refractivity contribution in [3.63, 3.8) is 0 Å². The SMILES string of the molecule is Cc1ccccc1C(=O)NCCS(=O)(=O)Nc1ccn2nccc2c1. The van der Waals surface area contributed by atoms with E-state index in [0.29, 0.717) is 11.3 Å². The molecule has 0 unspecified atom stereocenters. The van der Waals surface area contributed by atoms with Gasteiger partial charge in [0.05, 0.1) is 17.0 Å². The molecule has 25 heavy (non-hydrogen) atoms. The number of aryl methyl sites for hydroxylation is 1. The number of anilines is 1. The molecule has 2 aromatic heterocycles. The van der Waals surface area contributed by atoms with Gasteiger partial charge >= 0.3 is 0 Å². The Labute approximate surface area is 145 Å². The fourth-order valence-electron chi connectivity index (χ4n) is 2.44. The van der Waals surface area contributed by atoms with Gasteiger partial charge in [0.1, 0.15) is 0 Å². The van der Waals surface area contributed by atoms with Gasteiger partial charge in [-0.3, -0.25) is 9.52 Å². The fourth-order valence-corrected chi connectivity index (χ4v) is 3.40. The van der Waals surface area contributed by atoms with Gasteiger partial charge in [0, 0.05) is 24.5 Å². The van der Waals surface area contributed by atoms with Gasteiger partial charge in [0.25, 0.3) is 5.91 Å². The molecular formula is C17H18N4O3S. The summed E-state index contributed by atoms with van der Waals surface area (Å²) >= 11 is 0. The molecule has 0 aliphatic heterocycles. The highest BCUT2D eigenvalue weighted by Crippen LogP contribution is 2.13. The van der Waals surface area contributed by atoms with Crippen LogP contribution in [0.3, 0.4) is 0 Å².